The molecule has 2 aliphatic rings. The van der Waals surface area contributed by atoms with Gasteiger partial charge in [-0.05, 0) is 19.3 Å². The van der Waals surface area contributed by atoms with E-state index in [-0.39, 0.29) is 0 Å². The normalized spacial score (nSPS) is 23.4. The fraction of sp³-hybridized carbons (Fsp3) is 0.727. The minimum atomic E-state index is 0.328. The van der Waals surface area contributed by atoms with Gasteiger partial charge in [-0.15, -0.1) is 11.3 Å². The van der Waals surface area contributed by atoms with Crippen LogP contribution < -0.4 is 4.90 Å². The van der Waals surface area contributed by atoms with Crippen molar-refractivity contribution in [1.82, 2.24) is 4.98 Å². The Balaban J connectivity index is 1.97. The van der Waals surface area contributed by atoms with Gasteiger partial charge in [0.2, 0.25) is 0 Å². The van der Waals surface area contributed by atoms with Crippen molar-refractivity contribution >= 4 is 16.5 Å². The average molecular weight is 208 g/mol. The topological polar surface area (TPSA) is 16.1 Å². The summed E-state index contributed by atoms with van der Waals surface area (Å²) in [5.41, 5.74) is 1.71. The molecule has 0 N–H and O–H groups in total. The zero-order valence-electron chi connectivity index (χ0n) is 8.84. The number of rotatable bonds is 1. The van der Waals surface area contributed by atoms with Gasteiger partial charge in [-0.25, -0.2) is 4.98 Å². The highest BCUT2D eigenvalue weighted by Gasteiger charge is 2.34. The van der Waals surface area contributed by atoms with Crippen LogP contribution in [0.5, 0.6) is 0 Å². The van der Waals surface area contributed by atoms with Crippen LogP contribution in [0.25, 0.3) is 0 Å². The summed E-state index contributed by atoms with van der Waals surface area (Å²) in [6, 6.07) is 0. The van der Waals surface area contributed by atoms with Gasteiger partial charge in [-0.1, -0.05) is 13.8 Å². The van der Waals surface area contributed by atoms with Gasteiger partial charge in [0.25, 0.3) is 0 Å². The first-order chi connectivity index (χ1) is 6.67. The molecule has 0 aromatic carbocycles. The Morgan fingerprint density at radius 1 is 1.36 bits per heavy atom. The summed E-state index contributed by atoms with van der Waals surface area (Å²) in [4.78, 5) is 8.75. The molecule has 1 aliphatic carbocycles. The predicted octanol–water partition coefficient (Wildman–Crippen LogP) is 2.58. The average Bonchev–Trinajstić information content (AvgIpc) is 2.51. The van der Waals surface area contributed by atoms with Gasteiger partial charge in [0, 0.05) is 23.4 Å². The van der Waals surface area contributed by atoms with Crippen LogP contribution in [0.4, 0.5) is 5.13 Å². The van der Waals surface area contributed by atoms with Gasteiger partial charge in [0.15, 0.2) is 5.13 Å². The number of aromatic nitrogens is 1. The van der Waals surface area contributed by atoms with E-state index >= 15 is 0 Å². The zero-order chi connectivity index (χ0) is 9.76. The maximum absolute atomic E-state index is 4.81. The quantitative estimate of drug-likeness (QED) is 0.705. The Hall–Kier alpha value is -0.570. The van der Waals surface area contributed by atoms with Crippen LogP contribution in [0.1, 0.15) is 37.3 Å². The first kappa shape index (κ1) is 8.72. The third kappa shape index (κ3) is 1.11. The van der Waals surface area contributed by atoms with Gasteiger partial charge >= 0.3 is 0 Å². The molecule has 14 heavy (non-hydrogen) atoms. The molecule has 3 heteroatoms. The number of hydrogen-bond donors (Lipinski definition) is 0. The molecular formula is C11H16N2S. The number of anilines is 1. The van der Waals surface area contributed by atoms with Crippen LogP contribution in [-0.2, 0) is 11.8 Å². The molecular weight excluding hydrogens is 192 g/mol. The monoisotopic (exact) mass is 208 g/mol. The molecule has 0 radical (unpaired) electrons. The number of thiazole rings is 1. The van der Waals surface area contributed by atoms with E-state index in [0.29, 0.717) is 5.41 Å². The SMILES string of the molecule is CC1(C)CCc2sc(N3CCC3)nc21. The molecule has 2 nitrogen and oxygen atoms in total. The van der Waals surface area contributed by atoms with Gasteiger partial charge in [-0.2, -0.15) is 0 Å². The van der Waals surface area contributed by atoms with E-state index in [2.05, 4.69) is 18.7 Å². The van der Waals surface area contributed by atoms with Crippen molar-refractivity contribution in [2.75, 3.05) is 18.0 Å². The minimum absolute atomic E-state index is 0.328. The van der Waals surface area contributed by atoms with E-state index in [4.69, 9.17) is 4.98 Å². The van der Waals surface area contributed by atoms with Crippen molar-refractivity contribution in [3.05, 3.63) is 10.6 Å². The Morgan fingerprint density at radius 3 is 2.71 bits per heavy atom. The van der Waals surface area contributed by atoms with Gasteiger partial charge in [-0.3, -0.25) is 0 Å². The lowest BCUT2D eigenvalue weighted by Gasteiger charge is -2.30. The van der Waals surface area contributed by atoms with E-state index < -0.39 is 0 Å². The second-order valence-corrected chi connectivity index (χ2v) is 6.05. The van der Waals surface area contributed by atoms with Crippen LogP contribution in [0, 0.1) is 0 Å². The second-order valence-electron chi connectivity index (χ2n) is 4.99. The van der Waals surface area contributed by atoms with Gasteiger partial charge in [0.05, 0.1) is 5.69 Å². The first-order valence-electron chi connectivity index (χ1n) is 5.42. The van der Waals surface area contributed by atoms with Crippen LogP contribution in [-0.4, -0.2) is 18.1 Å². The Kier molecular flexibility index (Phi) is 1.69. The molecule has 1 saturated heterocycles. The van der Waals surface area contributed by atoms with Gasteiger partial charge < -0.3 is 4.90 Å². The summed E-state index contributed by atoms with van der Waals surface area (Å²) >= 11 is 1.92. The minimum Gasteiger partial charge on any atom is -0.348 e. The van der Waals surface area contributed by atoms with E-state index in [9.17, 15) is 0 Å². The van der Waals surface area contributed by atoms with Gasteiger partial charge in [0.1, 0.15) is 0 Å². The molecule has 1 fully saturated rings. The van der Waals surface area contributed by atoms with E-state index in [1.807, 2.05) is 11.3 Å². The van der Waals surface area contributed by atoms with E-state index in [0.717, 1.165) is 0 Å². The van der Waals surface area contributed by atoms with Crippen molar-refractivity contribution in [1.29, 1.82) is 0 Å². The van der Waals surface area contributed by atoms with E-state index in [1.165, 1.54) is 48.1 Å². The summed E-state index contributed by atoms with van der Waals surface area (Å²) in [6.45, 7) is 7.07. The Morgan fingerprint density at radius 2 is 2.14 bits per heavy atom. The van der Waals surface area contributed by atoms with Crippen molar-refractivity contribution in [2.45, 2.75) is 38.5 Å². The van der Waals surface area contributed by atoms with E-state index in [1.54, 1.807) is 0 Å². The molecule has 0 bridgehead atoms. The largest absolute Gasteiger partial charge is 0.348 e. The highest BCUT2D eigenvalue weighted by atomic mass is 32.1. The lowest BCUT2D eigenvalue weighted by atomic mass is 9.91. The summed E-state index contributed by atoms with van der Waals surface area (Å²) in [6.07, 6.45) is 3.86. The molecule has 0 saturated carbocycles. The maximum Gasteiger partial charge on any atom is 0.185 e. The highest BCUT2D eigenvalue weighted by Crippen LogP contribution is 2.43. The van der Waals surface area contributed by atoms with Crippen LogP contribution in [0.2, 0.25) is 0 Å². The maximum atomic E-state index is 4.81. The van der Waals surface area contributed by atoms with Crippen molar-refractivity contribution in [3.63, 3.8) is 0 Å². The molecule has 76 valence electrons. The fourth-order valence-electron chi connectivity index (χ4n) is 2.22. The third-order valence-corrected chi connectivity index (χ3v) is 4.61. The number of nitrogens with zero attached hydrogens (tertiary/aromatic N) is 2. The molecule has 0 amide bonds. The van der Waals surface area contributed by atoms with Crippen LogP contribution in [0.15, 0.2) is 0 Å². The predicted molar refractivity (Wildman–Crippen MR) is 60.3 cm³/mol. The van der Waals surface area contributed by atoms with Crippen molar-refractivity contribution < 1.29 is 0 Å². The smallest absolute Gasteiger partial charge is 0.185 e. The molecule has 3 rings (SSSR count). The summed E-state index contributed by atoms with van der Waals surface area (Å²) < 4.78 is 0. The molecule has 0 atom stereocenters. The van der Waals surface area contributed by atoms with Crippen molar-refractivity contribution in [3.8, 4) is 0 Å². The molecule has 0 unspecified atom stereocenters. The summed E-state index contributed by atoms with van der Waals surface area (Å²) in [5, 5.41) is 1.27. The number of hydrogen-bond acceptors (Lipinski definition) is 3. The van der Waals surface area contributed by atoms with Crippen molar-refractivity contribution in [2.24, 2.45) is 0 Å². The zero-order valence-corrected chi connectivity index (χ0v) is 9.65. The molecule has 1 aliphatic heterocycles. The Bertz CT molecular complexity index is 363. The van der Waals surface area contributed by atoms with Crippen LogP contribution >= 0.6 is 11.3 Å². The summed E-state index contributed by atoms with van der Waals surface area (Å²) in [5.74, 6) is 0. The Labute approximate surface area is 89.0 Å². The third-order valence-electron chi connectivity index (χ3n) is 3.43. The lowest BCUT2D eigenvalue weighted by molar-refractivity contribution is 0.508. The number of aryl methyl sites for hydroxylation is 1. The lowest BCUT2D eigenvalue weighted by Crippen LogP contribution is -2.37. The first-order valence-corrected chi connectivity index (χ1v) is 6.24. The second kappa shape index (κ2) is 2.72. The molecule has 1 aromatic heterocycles. The number of fused-ring (bicyclic) bond motifs is 1. The highest BCUT2D eigenvalue weighted by molar-refractivity contribution is 7.15. The standard InChI is InChI=1S/C11H16N2S/c1-11(2)5-4-8-9(11)12-10(14-8)13-6-3-7-13/h3-7H2,1-2H3. The van der Waals surface area contributed by atoms with Crippen LogP contribution in [0.3, 0.4) is 0 Å². The summed E-state index contributed by atoms with van der Waals surface area (Å²) in [7, 11) is 0. The molecule has 1 aromatic rings. The fourth-order valence-corrected chi connectivity index (χ4v) is 3.52. The molecule has 2 heterocycles. The molecule has 0 spiro atoms.